The fourth-order valence-electron chi connectivity index (χ4n) is 3.84. The predicted octanol–water partition coefficient (Wildman–Crippen LogP) is 3.07. The van der Waals surface area contributed by atoms with E-state index in [9.17, 15) is 4.79 Å². The van der Waals surface area contributed by atoms with Crippen molar-refractivity contribution in [1.82, 2.24) is 9.80 Å². The lowest BCUT2D eigenvalue weighted by Crippen LogP contribution is -2.58. The summed E-state index contributed by atoms with van der Waals surface area (Å²) in [7, 11) is 0. The Morgan fingerprint density at radius 2 is 1.91 bits per heavy atom. The minimum Gasteiger partial charge on any atom is -0.342 e. The standard InChI is InChI=1S/C18H25ClN2O/c1-14(2)10-20-11-18(12-20)7-8-21(13-18)17(22)9-15-3-5-16(19)6-4-15/h3-6,14H,7-13H2,1-2H3. The molecule has 1 spiro atoms. The minimum absolute atomic E-state index is 0.251. The van der Waals surface area contributed by atoms with Gasteiger partial charge >= 0.3 is 0 Å². The molecule has 0 bridgehead atoms. The van der Waals surface area contributed by atoms with Crippen LogP contribution in [0, 0.1) is 11.3 Å². The normalized spacial score (nSPS) is 20.6. The number of halogens is 1. The van der Waals surface area contributed by atoms with Crippen LogP contribution in [0.4, 0.5) is 0 Å². The zero-order chi connectivity index (χ0) is 15.7. The van der Waals surface area contributed by atoms with Crippen LogP contribution in [0.2, 0.25) is 5.02 Å². The number of nitrogens with zero attached hydrogens (tertiary/aromatic N) is 2. The molecule has 2 aliphatic heterocycles. The van der Waals surface area contributed by atoms with Crippen molar-refractivity contribution in [3.05, 3.63) is 34.9 Å². The first-order chi connectivity index (χ1) is 10.5. The van der Waals surface area contributed by atoms with Gasteiger partial charge in [-0.05, 0) is 30.0 Å². The van der Waals surface area contributed by atoms with Crippen LogP contribution in [0.15, 0.2) is 24.3 Å². The summed E-state index contributed by atoms with van der Waals surface area (Å²) in [5.74, 6) is 0.975. The molecule has 0 unspecified atom stereocenters. The van der Waals surface area contributed by atoms with Crippen molar-refractivity contribution in [3.63, 3.8) is 0 Å². The van der Waals surface area contributed by atoms with Gasteiger partial charge in [-0.15, -0.1) is 0 Å². The fraction of sp³-hybridized carbons (Fsp3) is 0.611. The fourth-order valence-corrected chi connectivity index (χ4v) is 3.97. The minimum atomic E-state index is 0.251. The lowest BCUT2D eigenvalue weighted by atomic mass is 9.78. The van der Waals surface area contributed by atoms with E-state index in [1.807, 2.05) is 24.3 Å². The van der Waals surface area contributed by atoms with Crippen molar-refractivity contribution >= 4 is 17.5 Å². The van der Waals surface area contributed by atoms with Crippen molar-refractivity contribution in [3.8, 4) is 0 Å². The molecule has 3 nitrogen and oxygen atoms in total. The molecule has 0 radical (unpaired) electrons. The molecule has 120 valence electrons. The lowest BCUT2D eigenvalue weighted by molar-refractivity contribution is -0.130. The molecule has 4 heteroatoms. The first kappa shape index (κ1) is 15.8. The highest BCUT2D eigenvalue weighted by atomic mass is 35.5. The largest absolute Gasteiger partial charge is 0.342 e. The monoisotopic (exact) mass is 320 g/mol. The zero-order valence-corrected chi connectivity index (χ0v) is 14.3. The average Bonchev–Trinajstić information content (AvgIpc) is 2.86. The third-order valence-electron chi connectivity index (χ3n) is 4.80. The highest BCUT2D eigenvalue weighted by molar-refractivity contribution is 6.30. The van der Waals surface area contributed by atoms with Gasteiger partial charge in [-0.25, -0.2) is 0 Å². The SMILES string of the molecule is CC(C)CN1CC2(CCN(C(=O)Cc3ccc(Cl)cc3)C2)C1. The summed E-state index contributed by atoms with van der Waals surface area (Å²) in [6, 6.07) is 7.59. The Kier molecular flexibility index (Phi) is 4.47. The summed E-state index contributed by atoms with van der Waals surface area (Å²) in [4.78, 5) is 17.0. The summed E-state index contributed by atoms with van der Waals surface area (Å²) in [5.41, 5.74) is 1.43. The second-order valence-corrected chi connectivity index (χ2v) is 7.87. The molecule has 2 fully saturated rings. The highest BCUT2D eigenvalue weighted by Crippen LogP contribution is 2.39. The van der Waals surface area contributed by atoms with Crippen LogP contribution in [-0.2, 0) is 11.2 Å². The molecule has 2 aliphatic rings. The summed E-state index contributed by atoms with van der Waals surface area (Å²) in [5, 5.41) is 0.719. The summed E-state index contributed by atoms with van der Waals surface area (Å²) < 4.78 is 0. The number of carbonyl (C=O) groups is 1. The first-order valence-electron chi connectivity index (χ1n) is 8.20. The van der Waals surface area contributed by atoms with Gasteiger partial charge in [0.1, 0.15) is 0 Å². The second kappa shape index (κ2) is 6.21. The van der Waals surface area contributed by atoms with Crippen molar-refractivity contribution in [2.24, 2.45) is 11.3 Å². The van der Waals surface area contributed by atoms with E-state index in [0.29, 0.717) is 11.8 Å². The number of amides is 1. The van der Waals surface area contributed by atoms with Gasteiger partial charge in [0.05, 0.1) is 6.42 Å². The Labute approximate surface area is 138 Å². The number of hydrogen-bond acceptors (Lipinski definition) is 2. The topological polar surface area (TPSA) is 23.6 Å². The quantitative estimate of drug-likeness (QED) is 0.851. The van der Waals surface area contributed by atoms with E-state index in [1.165, 1.54) is 6.54 Å². The van der Waals surface area contributed by atoms with Gasteiger partial charge in [-0.3, -0.25) is 4.79 Å². The van der Waals surface area contributed by atoms with Crippen molar-refractivity contribution in [2.45, 2.75) is 26.7 Å². The molecular formula is C18H25ClN2O. The third kappa shape index (κ3) is 3.47. The van der Waals surface area contributed by atoms with E-state index >= 15 is 0 Å². The molecule has 2 heterocycles. The van der Waals surface area contributed by atoms with Crippen LogP contribution in [0.5, 0.6) is 0 Å². The Balaban J connectivity index is 1.50. The molecule has 22 heavy (non-hydrogen) atoms. The van der Waals surface area contributed by atoms with Gasteiger partial charge in [0.15, 0.2) is 0 Å². The summed E-state index contributed by atoms with van der Waals surface area (Å²) in [6.45, 7) is 9.89. The van der Waals surface area contributed by atoms with Crippen LogP contribution in [0.3, 0.4) is 0 Å². The number of benzene rings is 1. The Hall–Kier alpha value is -1.06. The molecule has 3 rings (SSSR count). The van der Waals surface area contributed by atoms with Gasteiger partial charge in [-0.2, -0.15) is 0 Å². The maximum absolute atomic E-state index is 12.5. The number of likely N-dealkylation sites (tertiary alicyclic amines) is 2. The number of carbonyl (C=O) groups excluding carboxylic acids is 1. The summed E-state index contributed by atoms with van der Waals surface area (Å²) in [6.07, 6.45) is 1.65. The molecule has 1 aromatic rings. The maximum Gasteiger partial charge on any atom is 0.227 e. The van der Waals surface area contributed by atoms with Crippen LogP contribution >= 0.6 is 11.6 Å². The molecule has 1 amide bonds. The van der Waals surface area contributed by atoms with Crippen molar-refractivity contribution in [2.75, 3.05) is 32.7 Å². The molecule has 0 aromatic heterocycles. The van der Waals surface area contributed by atoms with Gasteiger partial charge in [0.2, 0.25) is 5.91 Å². The average molecular weight is 321 g/mol. The lowest BCUT2D eigenvalue weighted by Gasteiger charge is -2.48. The van der Waals surface area contributed by atoms with Crippen molar-refractivity contribution < 1.29 is 4.79 Å². The highest BCUT2D eigenvalue weighted by Gasteiger charge is 2.48. The third-order valence-corrected chi connectivity index (χ3v) is 5.05. The molecule has 1 aromatic carbocycles. The van der Waals surface area contributed by atoms with Crippen LogP contribution < -0.4 is 0 Å². The van der Waals surface area contributed by atoms with E-state index in [2.05, 4.69) is 23.6 Å². The van der Waals surface area contributed by atoms with E-state index in [-0.39, 0.29) is 5.91 Å². The Bertz CT molecular complexity index is 535. The molecule has 0 saturated carbocycles. The number of hydrogen-bond donors (Lipinski definition) is 0. The maximum atomic E-state index is 12.5. The Morgan fingerprint density at radius 3 is 2.55 bits per heavy atom. The van der Waals surface area contributed by atoms with Crippen LogP contribution in [-0.4, -0.2) is 48.4 Å². The predicted molar refractivity (Wildman–Crippen MR) is 90.1 cm³/mol. The van der Waals surface area contributed by atoms with Crippen LogP contribution in [0.1, 0.15) is 25.8 Å². The second-order valence-electron chi connectivity index (χ2n) is 7.43. The van der Waals surface area contributed by atoms with Gasteiger partial charge in [-0.1, -0.05) is 37.6 Å². The van der Waals surface area contributed by atoms with E-state index in [0.717, 1.165) is 49.1 Å². The number of rotatable bonds is 4. The van der Waals surface area contributed by atoms with Gasteiger partial charge < -0.3 is 9.80 Å². The smallest absolute Gasteiger partial charge is 0.227 e. The van der Waals surface area contributed by atoms with Gasteiger partial charge in [0.25, 0.3) is 0 Å². The molecular weight excluding hydrogens is 296 g/mol. The molecule has 0 aliphatic carbocycles. The first-order valence-corrected chi connectivity index (χ1v) is 8.58. The van der Waals surface area contributed by atoms with E-state index in [1.54, 1.807) is 0 Å². The zero-order valence-electron chi connectivity index (χ0n) is 13.5. The molecule has 0 N–H and O–H groups in total. The summed E-state index contributed by atoms with van der Waals surface area (Å²) >= 11 is 5.89. The molecule has 0 atom stereocenters. The van der Waals surface area contributed by atoms with E-state index < -0.39 is 0 Å². The van der Waals surface area contributed by atoms with E-state index in [4.69, 9.17) is 11.6 Å². The van der Waals surface area contributed by atoms with Crippen LogP contribution in [0.25, 0.3) is 0 Å². The molecule has 2 saturated heterocycles. The van der Waals surface area contributed by atoms with Crippen molar-refractivity contribution in [1.29, 1.82) is 0 Å². The Morgan fingerprint density at radius 1 is 1.23 bits per heavy atom. The van der Waals surface area contributed by atoms with Gasteiger partial charge in [0, 0.05) is 43.2 Å².